The van der Waals surface area contributed by atoms with Crippen LogP contribution in [-0.4, -0.2) is 59.3 Å². The van der Waals surface area contributed by atoms with Gasteiger partial charge in [-0.25, -0.2) is 0 Å². The van der Waals surface area contributed by atoms with Gasteiger partial charge in [0.25, 0.3) is 5.91 Å². The molecule has 2 heterocycles. The molecule has 176 valence electrons. The van der Waals surface area contributed by atoms with Crippen LogP contribution in [0.25, 0.3) is 0 Å². The Kier molecular flexibility index (Phi) is 7.86. The van der Waals surface area contributed by atoms with Crippen LogP contribution >= 0.6 is 22.9 Å². The van der Waals surface area contributed by atoms with E-state index in [1.165, 1.54) is 0 Å². The Morgan fingerprint density at radius 2 is 2.09 bits per heavy atom. The largest absolute Gasteiger partial charge is 0.490 e. The lowest BCUT2D eigenvalue weighted by molar-refractivity contribution is -0.141. The highest BCUT2D eigenvalue weighted by molar-refractivity contribution is 7.11. The van der Waals surface area contributed by atoms with Gasteiger partial charge in [0.1, 0.15) is 22.4 Å². The number of H-pyrrole nitrogens is 1. The van der Waals surface area contributed by atoms with Gasteiger partial charge in [-0.15, -0.1) is 0 Å². The van der Waals surface area contributed by atoms with E-state index in [4.69, 9.17) is 16.3 Å². The number of aromatic amines is 1. The molecule has 1 saturated heterocycles. The minimum Gasteiger partial charge on any atom is -0.490 e. The van der Waals surface area contributed by atoms with E-state index in [-0.39, 0.29) is 30.5 Å². The molecule has 0 unspecified atom stereocenters. The molecule has 1 aliphatic rings. The maximum Gasteiger partial charge on any atom is 0.432 e. The SMILES string of the molecule is Cc1cc(Cl)ccc1OC1CCN(C[C@H](O)CNC(=O)c2sc(=O)[nH]c2C(F)(F)F)CC1. The molecule has 0 radical (unpaired) electrons. The van der Waals surface area contributed by atoms with E-state index in [0.29, 0.717) is 18.1 Å². The summed E-state index contributed by atoms with van der Waals surface area (Å²) in [4.78, 5) is 25.2. The van der Waals surface area contributed by atoms with Gasteiger partial charge in [-0.05, 0) is 43.5 Å². The van der Waals surface area contributed by atoms with Crippen molar-refractivity contribution in [1.29, 1.82) is 0 Å². The number of piperidine rings is 1. The number of β-amino-alcohol motifs (C(OH)–C–C–N with tert-alkyl or cyclic N) is 1. The standard InChI is InChI=1S/C20H23ClF3N3O4S/c1-11-8-12(21)2-3-15(11)31-14-4-6-27(7-5-14)10-13(28)9-25-18(29)16-17(20(22,23)24)26-19(30)32-16/h2-3,8,13-14,28H,4-7,9-10H2,1H3,(H,25,29)(H,26,30)/t13-/m1/s1. The second kappa shape index (κ2) is 10.2. The van der Waals surface area contributed by atoms with Crippen LogP contribution in [0.5, 0.6) is 5.75 Å². The number of nitrogens with zero attached hydrogens (tertiary/aromatic N) is 1. The van der Waals surface area contributed by atoms with E-state index < -0.39 is 33.6 Å². The average Bonchev–Trinajstić information content (AvgIpc) is 3.12. The van der Waals surface area contributed by atoms with Crippen molar-refractivity contribution < 1.29 is 27.8 Å². The predicted octanol–water partition coefficient (Wildman–Crippen LogP) is 3.05. The zero-order valence-corrected chi connectivity index (χ0v) is 18.7. The summed E-state index contributed by atoms with van der Waals surface area (Å²) in [5.41, 5.74) is -0.426. The van der Waals surface area contributed by atoms with Crippen molar-refractivity contribution in [2.45, 2.75) is 38.1 Å². The first-order valence-corrected chi connectivity index (χ1v) is 11.1. The molecule has 1 fully saturated rings. The molecule has 1 atom stereocenters. The van der Waals surface area contributed by atoms with Crippen LogP contribution in [-0.2, 0) is 6.18 Å². The Labute approximate surface area is 191 Å². The number of carbonyl (C=O) groups excluding carboxylic acids is 1. The third-order valence-corrected chi connectivity index (χ3v) is 6.19. The van der Waals surface area contributed by atoms with Gasteiger partial charge in [0.05, 0.1) is 6.10 Å². The van der Waals surface area contributed by atoms with Crippen molar-refractivity contribution in [2.75, 3.05) is 26.2 Å². The second-order valence-corrected chi connectivity index (χ2v) is 9.03. The maximum absolute atomic E-state index is 12.9. The summed E-state index contributed by atoms with van der Waals surface area (Å²) in [5.74, 6) is -0.272. The molecule has 2 aromatic rings. The number of alkyl halides is 3. The van der Waals surface area contributed by atoms with Crippen molar-refractivity contribution in [2.24, 2.45) is 0 Å². The third kappa shape index (κ3) is 6.47. The summed E-state index contributed by atoms with van der Waals surface area (Å²) < 4.78 is 44.8. The summed E-state index contributed by atoms with van der Waals surface area (Å²) >= 11 is 6.14. The molecule has 1 aliphatic heterocycles. The van der Waals surface area contributed by atoms with E-state index in [1.807, 2.05) is 24.0 Å². The smallest absolute Gasteiger partial charge is 0.432 e. The van der Waals surface area contributed by atoms with Gasteiger partial charge in [0, 0.05) is 31.2 Å². The summed E-state index contributed by atoms with van der Waals surface area (Å²) in [7, 11) is 0. The third-order valence-electron chi connectivity index (χ3n) is 5.07. The minimum absolute atomic E-state index is 0.0279. The number of rotatable bonds is 7. The van der Waals surface area contributed by atoms with Crippen molar-refractivity contribution in [3.8, 4) is 5.75 Å². The monoisotopic (exact) mass is 493 g/mol. The number of aliphatic hydroxyl groups excluding tert-OH is 1. The number of hydrogen-bond donors (Lipinski definition) is 3. The number of hydrogen-bond acceptors (Lipinski definition) is 6. The highest BCUT2D eigenvalue weighted by Gasteiger charge is 2.38. The number of thiazole rings is 1. The number of benzene rings is 1. The van der Waals surface area contributed by atoms with E-state index in [2.05, 4.69) is 5.32 Å². The first kappa shape index (κ1) is 24.6. The molecule has 1 amide bonds. The number of carbonyl (C=O) groups is 1. The summed E-state index contributed by atoms with van der Waals surface area (Å²) in [5, 5.41) is 13.1. The lowest BCUT2D eigenvalue weighted by atomic mass is 10.1. The number of nitrogens with one attached hydrogen (secondary N) is 2. The Hall–Kier alpha value is -2.08. The van der Waals surface area contributed by atoms with Crippen LogP contribution in [0.1, 0.15) is 33.8 Å². The van der Waals surface area contributed by atoms with Gasteiger partial charge >= 0.3 is 11.0 Å². The topological polar surface area (TPSA) is 94.7 Å². The van der Waals surface area contributed by atoms with E-state index in [9.17, 15) is 27.9 Å². The number of aromatic nitrogens is 1. The summed E-state index contributed by atoms with van der Waals surface area (Å²) in [6.45, 7) is 3.27. The number of likely N-dealkylation sites (tertiary alicyclic amines) is 1. The molecule has 1 aromatic heterocycles. The van der Waals surface area contributed by atoms with Crippen LogP contribution in [0.15, 0.2) is 23.0 Å². The van der Waals surface area contributed by atoms with Crippen molar-refractivity contribution in [3.63, 3.8) is 0 Å². The zero-order chi connectivity index (χ0) is 23.5. The Bertz CT molecular complexity index is 1000. The fourth-order valence-electron chi connectivity index (χ4n) is 3.48. The quantitative estimate of drug-likeness (QED) is 0.551. The molecule has 1 aromatic carbocycles. The molecule has 0 saturated carbocycles. The molecule has 7 nitrogen and oxygen atoms in total. The van der Waals surface area contributed by atoms with Crippen molar-refractivity contribution >= 4 is 28.8 Å². The minimum atomic E-state index is -4.85. The highest BCUT2D eigenvalue weighted by atomic mass is 35.5. The van der Waals surface area contributed by atoms with E-state index in [0.717, 1.165) is 24.2 Å². The van der Waals surface area contributed by atoms with Crippen molar-refractivity contribution in [1.82, 2.24) is 15.2 Å². The number of aryl methyl sites for hydroxylation is 1. The number of aliphatic hydroxyl groups is 1. The molecular formula is C20H23ClF3N3O4S. The van der Waals surface area contributed by atoms with Gasteiger partial charge in [-0.2, -0.15) is 13.2 Å². The van der Waals surface area contributed by atoms with Crippen LogP contribution in [0.3, 0.4) is 0 Å². The van der Waals surface area contributed by atoms with Crippen LogP contribution < -0.4 is 14.9 Å². The van der Waals surface area contributed by atoms with Crippen LogP contribution in [0.2, 0.25) is 5.02 Å². The average molecular weight is 494 g/mol. The zero-order valence-electron chi connectivity index (χ0n) is 17.2. The van der Waals surface area contributed by atoms with Crippen LogP contribution in [0.4, 0.5) is 13.2 Å². The maximum atomic E-state index is 12.9. The van der Waals surface area contributed by atoms with Gasteiger partial charge in [0.2, 0.25) is 0 Å². The molecule has 0 aliphatic carbocycles. The van der Waals surface area contributed by atoms with E-state index in [1.54, 1.807) is 11.1 Å². The van der Waals surface area contributed by atoms with Gasteiger partial charge in [-0.3, -0.25) is 9.59 Å². The van der Waals surface area contributed by atoms with Gasteiger partial charge in [0.15, 0.2) is 0 Å². The lowest BCUT2D eigenvalue weighted by Crippen LogP contribution is -2.45. The fraction of sp³-hybridized carbons (Fsp3) is 0.500. The fourth-order valence-corrected chi connectivity index (χ4v) is 4.47. The first-order chi connectivity index (χ1) is 15.0. The normalized spacial score (nSPS) is 16.7. The van der Waals surface area contributed by atoms with Crippen molar-refractivity contribution in [3.05, 3.63) is 49.0 Å². The highest BCUT2D eigenvalue weighted by Crippen LogP contribution is 2.31. The van der Waals surface area contributed by atoms with Gasteiger partial charge in [-0.1, -0.05) is 22.9 Å². The molecule has 12 heteroatoms. The molecule has 3 N–H and O–H groups in total. The molecule has 0 bridgehead atoms. The summed E-state index contributed by atoms with van der Waals surface area (Å²) in [6.07, 6.45) is -4.30. The van der Waals surface area contributed by atoms with Gasteiger partial charge < -0.3 is 25.0 Å². The number of ether oxygens (including phenoxy) is 1. The molecular weight excluding hydrogens is 471 g/mol. The molecule has 3 rings (SSSR count). The lowest BCUT2D eigenvalue weighted by Gasteiger charge is -2.33. The van der Waals surface area contributed by atoms with E-state index >= 15 is 0 Å². The molecule has 0 spiro atoms. The number of halogens is 4. The predicted molar refractivity (Wildman–Crippen MR) is 115 cm³/mol. The summed E-state index contributed by atoms with van der Waals surface area (Å²) in [6, 6.07) is 5.44. The van der Waals surface area contributed by atoms with Crippen LogP contribution in [0, 0.1) is 6.92 Å². The number of amides is 1. The first-order valence-electron chi connectivity index (χ1n) is 9.94. The Morgan fingerprint density at radius 1 is 1.41 bits per heavy atom. The molecule has 32 heavy (non-hydrogen) atoms. The Morgan fingerprint density at radius 3 is 2.72 bits per heavy atom. The second-order valence-electron chi connectivity index (χ2n) is 7.61. The Balaban J connectivity index is 1.44.